The van der Waals surface area contributed by atoms with Crippen molar-refractivity contribution in [3.8, 4) is 0 Å². The highest BCUT2D eigenvalue weighted by Gasteiger charge is 2.22. The SMILES string of the molecule is CN=C(NCc1cccc(N(C)C)n1)N1CCc2ccccc21. The van der Waals surface area contributed by atoms with Gasteiger partial charge in [0.05, 0.1) is 12.2 Å². The van der Waals surface area contributed by atoms with Gasteiger partial charge in [-0.3, -0.25) is 4.99 Å². The normalized spacial score (nSPS) is 13.9. The summed E-state index contributed by atoms with van der Waals surface area (Å²) < 4.78 is 0. The number of nitrogens with one attached hydrogen (secondary N) is 1. The van der Waals surface area contributed by atoms with Crippen LogP contribution >= 0.6 is 0 Å². The highest BCUT2D eigenvalue weighted by Crippen LogP contribution is 2.27. The van der Waals surface area contributed by atoms with Crippen LogP contribution < -0.4 is 15.1 Å². The third-order valence-electron chi connectivity index (χ3n) is 4.03. The van der Waals surface area contributed by atoms with E-state index >= 15 is 0 Å². The zero-order chi connectivity index (χ0) is 16.2. The van der Waals surface area contributed by atoms with Crippen molar-refractivity contribution in [2.75, 3.05) is 37.5 Å². The quantitative estimate of drug-likeness (QED) is 0.698. The first kappa shape index (κ1) is 15.3. The van der Waals surface area contributed by atoms with Crippen molar-refractivity contribution in [2.45, 2.75) is 13.0 Å². The third kappa shape index (κ3) is 3.28. The number of guanidine groups is 1. The third-order valence-corrected chi connectivity index (χ3v) is 4.03. The Kier molecular flexibility index (Phi) is 4.46. The van der Waals surface area contributed by atoms with E-state index in [1.807, 2.05) is 44.2 Å². The van der Waals surface area contributed by atoms with E-state index in [9.17, 15) is 0 Å². The lowest BCUT2D eigenvalue weighted by molar-refractivity contribution is 0.836. The van der Waals surface area contributed by atoms with Crippen LogP contribution in [0.2, 0.25) is 0 Å². The Hall–Kier alpha value is -2.56. The number of anilines is 2. The highest BCUT2D eigenvalue weighted by atomic mass is 15.3. The number of hydrogen-bond acceptors (Lipinski definition) is 3. The van der Waals surface area contributed by atoms with Crippen LogP contribution in [0, 0.1) is 0 Å². The van der Waals surface area contributed by atoms with Crippen LogP contribution in [-0.4, -0.2) is 38.6 Å². The van der Waals surface area contributed by atoms with Crippen LogP contribution in [0.3, 0.4) is 0 Å². The van der Waals surface area contributed by atoms with Gasteiger partial charge in [-0.2, -0.15) is 0 Å². The van der Waals surface area contributed by atoms with E-state index in [-0.39, 0.29) is 0 Å². The Labute approximate surface area is 137 Å². The van der Waals surface area contributed by atoms with Crippen LogP contribution in [0.25, 0.3) is 0 Å². The molecule has 0 saturated carbocycles. The fourth-order valence-electron chi connectivity index (χ4n) is 2.84. The minimum absolute atomic E-state index is 0.660. The van der Waals surface area contributed by atoms with Gasteiger partial charge in [0.1, 0.15) is 5.82 Å². The van der Waals surface area contributed by atoms with Crippen LogP contribution in [0.5, 0.6) is 0 Å². The summed E-state index contributed by atoms with van der Waals surface area (Å²) in [6.07, 6.45) is 1.06. The van der Waals surface area contributed by atoms with Crippen LogP contribution in [-0.2, 0) is 13.0 Å². The van der Waals surface area contributed by atoms with Crippen molar-refractivity contribution in [3.05, 3.63) is 53.7 Å². The van der Waals surface area contributed by atoms with E-state index < -0.39 is 0 Å². The first-order valence-electron chi connectivity index (χ1n) is 7.88. The molecule has 0 aliphatic carbocycles. The molecule has 0 radical (unpaired) electrons. The lowest BCUT2D eigenvalue weighted by Gasteiger charge is -2.22. The number of rotatable bonds is 3. The summed E-state index contributed by atoms with van der Waals surface area (Å²) in [7, 11) is 5.83. The molecule has 0 saturated heterocycles. The van der Waals surface area contributed by atoms with E-state index in [4.69, 9.17) is 0 Å². The number of aromatic nitrogens is 1. The Morgan fingerprint density at radius 2 is 2.04 bits per heavy atom. The largest absolute Gasteiger partial charge is 0.363 e. The maximum Gasteiger partial charge on any atom is 0.198 e. The number of pyridine rings is 1. The standard InChI is InChI=1S/C18H23N5/c1-19-18(23-12-11-14-7-4-5-9-16(14)23)20-13-15-8-6-10-17(21-15)22(2)3/h4-10H,11-13H2,1-3H3,(H,19,20). The topological polar surface area (TPSA) is 43.8 Å². The summed E-state index contributed by atoms with van der Waals surface area (Å²) in [4.78, 5) is 13.3. The van der Waals surface area contributed by atoms with E-state index in [2.05, 4.69) is 44.5 Å². The lowest BCUT2D eigenvalue weighted by atomic mass is 10.2. The van der Waals surface area contributed by atoms with Gasteiger partial charge in [-0.05, 0) is 30.2 Å². The number of para-hydroxylation sites is 1. The van der Waals surface area contributed by atoms with Gasteiger partial charge >= 0.3 is 0 Å². The van der Waals surface area contributed by atoms with Crippen molar-refractivity contribution in [1.29, 1.82) is 0 Å². The lowest BCUT2D eigenvalue weighted by Crippen LogP contribution is -2.40. The Morgan fingerprint density at radius 3 is 2.83 bits per heavy atom. The van der Waals surface area contributed by atoms with Crippen molar-refractivity contribution in [3.63, 3.8) is 0 Å². The summed E-state index contributed by atoms with van der Waals surface area (Å²) in [5.74, 6) is 1.86. The average molecular weight is 309 g/mol. The van der Waals surface area contributed by atoms with Gasteiger partial charge in [-0.25, -0.2) is 4.98 Å². The molecule has 0 atom stereocenters. The van der Waals surface area contributed by atoms with Crippen molar-refractivity contribution in [1.82, 2.24) is 10.3 Å². The monoisotopic (exact) mass is 309 g/mol. The molecule has 2 heterocycles. The zero-order valence-electron chi connectivity index (χ0n) is 14.0. The summed E-state index contributed by atoms with van der Waals surface area (Å²) in [6, 6.07) is 14.6. The van der Waals surface area contributed by atoms with Gasteiger partial charge in [-0.1, -0.05) is 24.3 Å². The molecular weight excluding hydrogens is 286 g/mol. The van der Waals surface area contributed by atoms with Gasteiger partial charge in [0.15, 0.2) is 5.96 Å². The summed E-state index contributed by atoms with van der Waals surface area (Å²) in [6.45, 7) is 1.62. The van der Waals surface area contributed by atoms with Gasteiger partial charge in [-0.15, -0.1) is 0 Å². The van der Waals surface area contributed by atoms with E-state index in [1.54, 1.807) is 0 Å². The molecule has 0 spiro atoms. The summed E-state index contributed by atoms with van der Waals surface area (Å²) >= 11 is 0. The predicted octanol–water partition coefficient (Wildman–Crippen LogP) is 2.29. The molecule has 0 fully saturated rings. The number of fused-ring (bicyclic) bond motifs is 1. The van der Waals surface area contributed by atoms with Gasteiger partial charge in [0.25, 0.3) is 0 Å². The second kappa shape index (κ2) is 6.69. The summed E-state index contributed by atoms with van der Waals surface area (Å²) in [5.41, 5.74) is 3.63. The summed E-state index contributed by atoms with van der Waals surface area (Å²) in [5, 5.41) is 3.43. The molecule has 2 aromatic rings. The molecule has 0 amide bonds. The molecule has 1 aliphatic heterocycles. The molecule has 5 nitrogen and oxygen atoms in total. The van der Waals surface area contributed by atoms with E-state index in [1.165, 1.54) is 11.3 Å². The molecule has 0 unspecified atom stereocenters. The second-order valence-electron chi connectivity index (χ2n) is 5.81. The fourth-order valence-corrected chi connectivity index (χ4v) is 2.84. The number of aliphatic imine (C=N–C) groups is 1. The van der Waals surface area contributed by atoms with Crippen molar-refractivity contribution < 1.29 is 0 Å². The van der Waals surface area contributed by atoms with Crippen LogP contribution in [0.1, 0.15) is 11.3 Å². The predicted molar refractivity (Wildman–Crippen MR) is 96.3 cm³/mol. The average Bonchev–Trinajstić information content (AvgIpc) is 3.00. The van der Waals surface area contributed by atoms with Crippen molar-refractivity contribution in [2.24, 2.45) is 4.99 Å². The molecule has 23 heavy (non-hydrogen) atoms. The molecule has 3 rings (SSSR count). The zero-order valence-corrected chi connectivity index (χ0v) is 14.0. The molecule has 1 aromatic heterocycles. The van der Waals surface area contributed by atoms with Crippen LogP contribution in [0.15, 0.2) is 47.5 Å². The van der Waals surface area contributed by atoms with Gasteiger partial charge in [0, 0.05) is 33.4 Å². The molecule has 1 aliphatic rings. The molecule has 1 aromatic carbocycles. The van der Waals surface area contributed by atoms with Crippen molar-refractivity contribution >= 4 is 17.5 Å². The Morgan fingerprint density at radius 1 is 1.22 bits per heavy atom. The van der Waals surface area contributed by atoms with E-state index in [0.29, 0.717) is 6.54 Å². The first-order valence-corrected chi connectivity index (χ1v) is 7.88. The maximum atomic E-state index is 4.64. The number of benzene rings is 1. The van der Waals surface area contributed by atoms with E-state index in [0.717, 1.165) is 30.4 Å². The first-order chi connectivity index (χ1) is 11.2. The molecule has 120 valence electrons. The minimum Gasteiger partial charge on any atom is -0.363 e. The smallest absolute Gasteiger partial charge is 0.198 e. The molecular formula is C18H23N5. The molecule has 5 heteroatoms. The van der Waals surface area contributed by atoms with Gasteiger partial charge < -0.3 is 15.1 Å². The fraction of sp³-hybridized carbons (Fsp3) is 0.333. The number of nitrogens with zero attached hydrogens (tertiary/aromatic N) is 4. The second-order valence-corrected chi connectivity index (χ2v) is 5.81. The Bertz CT molecular complexity index is 708. The van der Waals surface area contributed by atoms with Crippen LogP contribution in [0.4, 0.5) is 11.5 Å². The number of hydrogen-bond donors (Lipinski definition) is 1. The molecule has 0 bridgehead atoms. The Balaban J connectivity index is 1.71. The minimum atomic E-state index is 0.660. The van der Waals surface area contributed by atoms with Gasteiger partial charge in [0.2, 0.25) is 0 Å². The molecule has 1 N–H and O–H groups in total. The maximum absolute atomic E-state index is 4.64. The highest BCUT2D eigenvalue weighted by molar-refractivity contribution is 5.97.